The number of nitrogens with one attached hydrogen (secondary N) is 1. The summed E-state index contributed by atoms with van der Waals surface area (Å²) in [7, 11) is 0. The molecule has 0 saturated carbocycles. The second kappa shape index (κ2) is 5.92. The molecule has 0 aromatic heterocycles. The minimum atomic E-state index is -1.08. The summed E-state index contributed by atoms with van der Waals surface area (Å²) in [6, 6.07) is 9.16. The molecule has 0 aliphatic heterocycles. The quantitative estimate of drug-likeness (QED) is 0.892. The summed E-state index contributed by atoms with van der Waals surface area (Å²) in [6.07, 6.45) is 0. The van der Waals surface area contributed by atoms with E-state index in [1.165, 1.54) is 12.1 Å². The minimum absolute atomic E-state index is 0.0547. The first-order chi connectivity index (χ1) is 9.49. The van der Waals surface area contributed by atoms with E-state index < -0.39 is 11.8 Å². The van der Waals surface area contributed by atoms with Crippen molar-refractivity contribution in [3.63, 3.8) is 0 Å². The summed E-state index contributed by atoms with van der Waals surface area (Å²) < 4.78 is 13.7. The topological polar surface area (TPSA) is 49.3 Å². The third kappa shape index (κ3) is 3.08. The number of carbonyl (C=O) groups is 1. The molecule has 2 aromatic carbocycles. The van der Waals surface area contributed by atoms with Crippen molar-refractivity contribution in [2.24, 2.45) is 0 Å². The van der Waals surface area contributed by atoms with Gasteiger partial charge in [-0.25, -0.2) is 9.18 Å². The highest BCUT2D eigenvalue weighted by molar-refractivity contribution is 6.33. The van der Waals surface area contributed by atoms with Crippen molar-refractivity contribution >= 4 is 23.3 Å². The molecule has 2 N–H and O–H groups in total. The Balaban J connectivity index is 2.23. The number of aryl methyl sites for hydroxylation is 1. The number of benzene rings is 2. The summed E-state index contributed by atoms with van der Waals surface area (Å²) >= 11 is 6.07. The first kappa shape index (κ1) is 14.3. The SMILES string of the molecule is Cc1cccc(Cl)c1NCc1cc(C(=O)O)ccc1F. The van der Waals surface area contributed by atoms with Gasteiger partial charge in [-0.1, -0.05) is 23.7 Å². The minimum Gasteiger partial charge on any atom is -0.478 e. The van der Waals surface area contributed by atoms with E-state index in [1.807, 2.05) is 19.1 Å². The smallest absolute Gasteiger partial charge is 0.335 e. The molecule has 3 nitrogen and oxygen atoms in total. The van der Waals surface area contributed by atoms with Gasteiger partial charge in [0.1, 0.15) is 5.82 Å². The second-order valence-electron chi connectivity index (χ2n) is 4.40. The molecule has 0 bridgehead atoms. The molecule has 5 heteroatoms. The molecular weight excluding hydrogens is 281 g/mol. The Hall–Kier alpha value is -2.07. The van der Waals surface area contributed by atoms with Gasteiger partial charge in [-0.15, -0.1) is 0 Å². The average molecular weight is 294 g/mol. The Bertz CT molecular complexity index is 638. The number of hydrogen-bond acceptors (Lipinski definition) is 2. The Labute approximate surface area is 121 Å². The molecule has 0 aliphatic carbocycles. The fourth-order valence-electron chi connectivity index (χ4n) is 1.88. The standard InChI is InChI=1S/C15H13ClFNO2/c1-9-3-2-4-12(16)14(9)18-8-11-7-10(15(19)20)5-6-13(11)17/h2-7,18H,8H2,1H3,(H,19,20). The van der Waals surface area contributed by atoms with Gasteiger partial charge in [-0.2, -0.15) is 0 Å². The van der Waals surface area contributed by atoms with Gasteiger partial charge in [0.2, 0.25) is 0 Å². The molecule has 20 heavy (non-hydrogen) atoms. The highest BCUT2D eigenvalue weighted by Crippen LogP contribution is 2.26. The van der Waals surface area contributed by atoms with Gasteiger partial charge in [0.05, 0.1) is 16.3 Å². The van der Waals surface area contributed by atoms with E-state index in [2.05, 4.69) is 5.32 Å². The number of aromatic carboxylic acids is 1. The zero-order valence-electron chi connectivity index (χ0n) is 10.8. The van der Waals surface area contributed by atoms with Crippen LogP contribution in [0.3, 0.4) is 0 Å². The van der Waals surface area contributed by atoms with Crippen molar-refractivity contribution in [2.45, 2.75) is 13.5 Å². The molecule has 0 aliphatic rings. The lowest BCUT2D eigenvalue weighted by Gasteiger charge is -2.12. The van der Waals surface area contributed by atoms with Crippen molar-refractivity contribution in [3.8, 4) is 0 Å². The van der Waals surface area contributed by atoms with Crippen LogP contribution in [0.4, 0.5) is 10.1 Å². The Kier molecular flexibility index (Phi) is 4.25. The second-order valence-corrected chi connectivity index (χ2v) is 4.80. The van der Waals surface area contributed by atoms with E-state index in [1.54, 1.807) is 6.07 Å². The van der Waals surface area contributed by atoms with E-state index in [0.717, 1.165) is 11.6 Å². The van der Waals surface area contributed by atoms with Crippen LogP contribution in [0.25, 0.3) is 0 Å². The number of carboxylic acid groups (broad SMARTS) is 1. The summed E-state index contributed by atoms with van der Waals surface area (Å²) in [5.74, 6) is -1.53. The summed E-state index contributed by atoms with van der Waals surface area (Å²) in [5, 5.41) is 12.5. The van der Waals surface area contributed by atoms with Crippen LogP contribution < -0.4 is 5.32 Å². The number of para-hydroxylation sites is 1. The lowest BCUT2D eigenvalue weighted by molar-refractivity contribution is 0.0696. The maximum absolute atomic E-state index is 13.7. The van der Waals surface area contributed by atoms with Crippen LogP contribution in [0.2, 0.25) is 5.02 Å². The van der Waals surface area contributed by atoms with Crippen LogP contribution in [0.15, 0.2) is 36.4 Å². The monoisotopic (exact) mass is 293 g/mol. The normalized spacial score (nSPS) is 10.3. The highest BCUT2D eigenvalue weighted by Gasteiger charge is 2.09. The maximum atomic E-state index is 13.7. The Morgan fingerprint density at radius 1 is 1.35 bits per heavy atom. The molecule has 0 atom stereocenters. The molecule has 0 radical (unpaired) electrons. The Morgan fingerprint density at radius 3 is 2.75 bits per heavy atom. The van der Waals surface area contributed by atoms with Gasteiger partial charge >= 0.3 is 5.97 Å². The predicted molar refractivity (Wildman–Crippen MR) is 76.9 cm³/mol. The van der Waals surface area contributed by atoms with E-state index in [9.17, 15) is 9.18 Å². The fraction of sp³-hybridized carbons (Fsp3) is 0.133. The average Bonchev–Trinajstić information content (AvgIpc) is 2.39. The Morgan fingerprint density at radius 2 is 2.10 bits per heavy atom. The van der Waals surface area contributed by atoms with Crippen molar-refractivity contribution in [1.29, 1.82) is 0 Å². The van der Waals surface area contributed by atoms with Crippen LogP contribution in [0.1, 0.15) is 21.5 Å². The lowest BCUT2D eigenvalue weighted by atomic mass is 10.1. The van der Waals surface area contributed by atoms with Crippen LogP contribution in [-0.2, 0) is 6.54 Å². The molecule has 0 fully saturated rings. The van der Waals surface area contributed by atoms with E-state index >= 15 is 0 Å². The van der Waals surface area contributed by atoms with Crippen LogP contribution in [0.5, 0.6) is 0 Å². The van der Waals surface area contributed by atoms with Crippen LogP contribution >= 0.6 is 11.6 Å². The highest BCUT2D eigenvalue weighted by atomic mass is 35.5. The van der Waals surface area contributed by atoms with Gasteiger partial charge in [0, 0.05) is 12.1 Å². The molecule has 0 amide bonds. The van der Waals surface area contributed by atoms with Crippen molar-refractivity contribution < 1.29 is 14.3 Å². The first-order valence-electron chi connectivity index (χ1n) is 5.99. The molecule has 0 unspecified atom stereocenters. The van der Waals surface area contributed by atoms with Crippen molar-refractivity contribution in [2.75, 3.05) is 5.32 Å². The molecule has 104 valence electrons. The number of anilines is 1. The fourth-order valence-corrected chi connectivity index (χ4v) is 2.17. The van der Waals surface area contributed by atoms with Crippen molar-refractivity contribution in [3.05, 3.63) is 63.9 Å². The van der Waals surface area contributed by atoms with Gasteiger partial charge < -0.3 is 10.4 Å². The predicted octanol–water partition coefficient (Wildman–Crippen LogP) is 4.10. The largest absolute Gasteiger partial charge is 0.478 e. The number of halogens is 2. The van der Waals surface area contributed by atoms with Crippen LogP contribution in [-0.4, -0.2) is 11.1 Å². The molecule has 0 heterocycles. The first-order valence-corrected chi connectivity index (χ1v) is 6.37. The molecule has 0 spiro atoms. The summed E-state index contributed by atoms with van der Waals surface area (Å²) in [4.78, 5) is 10.9. The van der Waals surface area contributed by atoms with Gasteiger partial charge in [-0.05, 0) is 36.8 Å². The summed E-state index contributed by atoms with van der Waals surface area (Å²) in [5.41, 5.74) is 1.99. The molecule has 2 aromatic rings. The number of carboxylic acids is 1. The van der Waals surface area contributed by atoms with E-state index in [0.29, 0.717) is 10.7 Å². The third-order valence-corrected chi connectivity index (χ3v) is 3.29. The number of hydrogen-bond donors (Lipinski definition) is 2. The molecule has 2 rings (SSSR count). The third-order valence-electron chi connectivity index (χ3n) is 2.97. The lowest BCUT2D eigenvalue weighted by Crippen LogP contribution is -2.06. The van der Waals surface area contributed by atoms with Gasteiger partial charge in [0.25, 0.3) is 0 Å². The van der Waals surface area contributed by atoms with Gasteiger partial charge in [0.15, 0.2) is 0 Å². The maximum Gasteiger partial charge on any atom is 0.335 e. The molecular formula is C15H13ClFNO2. The van der Waals surface area contributed by atoms with Gasteiger partial charge in [-0.3, -0.25) is 0 Å². The van der Waals surface area contributed by atoms with E-state index in [4.69, 9.17) is 16.7 Å². The zero-order valence-corrected chi connectivity index (χ0v) is 11.5. The van der Waals surface area contributed by atoms with Crippen LogP contribution in [0, 0.1) is 12.7 Å². The summed E-state index contributed by atoms with van der Waals surface area (Å²) in [6.45, 7) is 2.05. The molecule has 0 saturated heterocycles. The van der Waals surface area contributed by atoms with E-state index in [-0.39, 0.29) is 17.7 Å². The van der Waals surface area contributed by atoms with Crippen molar-refractivity contribution in [1.82, 2.24) is 0 Å². The number of rotatable bonds is 4. The zero-order chi connectivity index (χ0) is 14.7.